The number of hydrogen-bond acceptors (Lipinski definition) is 6. The van der Waals surface area contributed by atoms with Gasteiger partial charge in [-0.2, -0.15) is 5.10 Å². The van der Waals surface area contributed by atoms with Crippen molar-refractivity contribution in [1.29, 1.82) is 0 Å². The fourth-order valence-electron chi connectivity index (χ4n) is 3.87. The molecule has 8 nitrogen and oxygen atoms in total. The first-order chi connectivity index (χ1) is 15.6. The van der Waals surface area contributed by atoms with Crippen molar-refractivity contribution in [3.63, 3.8) is 0 Å². The van der Waals surface area contributed by atoms with Gasteiger partial charge in [-0.25, -0.2) is 17.9 Å². The topological polar surface area (TPSA) is 87.9 Å². The van der Waals surface area contributed by atoms with Crippen molar-refractivity contribution < 1.29 is 13.2 Å². The summed E-state index contributed by atoms with van der Waals surface area (Å²) in [6.45, 7) is 7.13. The first-order valence-electron chi connectivity index (χ1n) is 11.1. The highest BCUT2D eigenvalue weighted by molar-refractivity contribution is 7.91. The summed E-state index contributed by atoms with van der Waals surface area (Å²) in [5.41, 5.74) is 3.28. The molecule has 0 spiro atoms. The van der Waals surface area contributed by atoms with E-state index in [1.54, 1.807) is 39.7 Å². The fraction of sp³-hybridized carbons (Fsp3) is 0.458. The Morgan fingerprint density at radius 1 is 1.06 bits per heavy atom. The Morgan fingerprint density at radius 3 is 2.33 bits per heavy atom. The molecule has 1 amide bonds. The Bertz CT molecular complexity index is 1250. The second-order valence-electron chi connectivity index (χ2n) is 8.56. The summed E-state index contributed by atoms with van der Waals surface area (Å²) in [4.78, 5) is 21.4. The van der Waals surface area contributed by atoms with Crippen LogP contribution < -0.4 is 0 Å². The SMILES string of the molecule is CCc1nn2c(C)c(CCC(=O)N(C)CCN(C)C)c(C)nc2c1S(=O)(=O)c1ccccc1. The van der Waals surface area contributed by atoms with Gasteiger partial charge in [0.15, 0.2) is 5.65 Å². The third-order valence-corrected chi connectivity index (χ3v) is 7.75. The number of carbonyl (C=O) groups is 1. The summed E-state index contributed by atoms with van der Waals surface area (Å²) in [7, 11) is 2.00. The molecule has 0 radical (unpaired) electrons. The lowest BCUT2D eigenvalue weighted by atomic mass is 10.1. The summed E-state index contributed by atoms with van der Waals surface area (Å²) in [6.07, 6.45) is 1.34. The fourth-order valence-corrected chi connectivity index (χ4v) is 5.49. The quantitative estimate of drug-likeness (QED) is 0.477. The predicted octanol–water partition coefficient (Wildman–Crippen LogP) is 2.69. The molecule has 0 aliphatic heterocycles. The highest BCUT2D eigenvalue weighted by Crippen LogP contribution is 2.29. The van der Waals surface area contributed by atoms with Crippen molar-refractivity contribution in [2.24, 2.45) is 0 Å². The van der Waals surface area contributed by atoms with E-state index in [2.05, 4.69) is 10.1 Å². The summed E-state index contributed by atoms with van der Waals surface area (Å²) in [5, 5.41) is 4.61. The van der Waals surface area contributed by atoms with Gasteiger partial charge in [0.1, 0.15) is 4.90 Å². The van der Waals surface area contributed by atoms with Gasteiger partial charge in [-0.05, 0) is 58.5 Å². The minimum absolute atomic E-state index is 0.0674. The normalized spacial score (nSPS) is 12.0. The Kier molecular flexibility index (Phi) is 7.54. The third-order valence-electron chi connectivity index (χ3n) is 5.91. The van der Waals surface area contributed by atoms with E-state index in [9.17, 15) is 13.2 Å². The largest absolute Gasteiger partial charge is 0.344 e. The minimum Gasteiger partial charge on any atom is -0.344 e. The molecular weight excluding hydrogens is 438 g/mol. The summed E-state index contributed by atoms with van der Waals surface area (Å²) in [6, 6.07) is 8.38. The van der Waals surface area contributed by atoms with Gasteiger partial charge in [-0.1, -0.05) is 25.1 Å². The number of hydrogen-bond donors (Lipinski definition) is 0. The number of benzene rings is 1. The number of rotatable bonds is 9. The van der Waals surface area contributed by atoms with Crippen LogP contribution in [0.4, 0.5) is 0 Å². The Morgan fingerprint density at radius 2 is 1.73 bits per heavy atom. The minimum atomic E-state index is -3.77. The second kappa shape index (κ2) is 10.0. The zero-order valence-electron chi connectivity index (χ0n) is 20.3. The maximum Gasteiger partial charge on any atom is 0.222 e. The highest BCUT2D eigenvalue weighted by atomic mass is 32.2. The monoisotopic (exact) mass is 471 g/mol. The van der Waals surface area contributed by atoms with Gasteiger partial charge in [0, 0.05) is 37.9 Å². The molecule has 0 unspecified atom stereocenters. The van der Waals surface area contributed by atoms with Crippen LogP contribution in [0.1, 0.15) is 36.0 Å². The smallest absolute Gasteiger partial charge is 0.222 e. The molecular formula is C24H33N5O3S. The van der Waals surface area contributed by atoms with E-state index in [4.69, 9.17) is 0 Å². The highest BCUT2D eigenvalue weighted by Gasteiger charge is 2.29. The molecule has 0 aliphatic rings. The van der Waals surface area contributed by atoms with E-state index in [0.717, 1.165) is 23.5 Å². The van der Waals surface area contributed by atoms with Crippen LogP contribution in [0.25, 0.3) is 5.65 Å². The van der Waals surface area contributed by atoms with Crippen molar-refractivity contribution in [2.75, 3.05) is 34.2 Å². The summed E-state index contributed by atoms with van der Waals surface area (Å²) < 4.78 is 28.5. The number of aryl methyl sites for hydroxylation is 3. The Hall–Kier alpha value is -2.78. The Balaban J connectivity index is 1.98. The van der Waals surface area contributed by atoms with E-state index >= 15 is 0 Å². The number of carbonyl (C=O) groups excluding carboxylic acids is 1. The lowest BCUT2D eigenvalue weighted by Gasteiger charge is -2.20. The molecule has 1 aromatic carbocycles. The average molecular weight is 472 g/mol. The number of amides is 1. The van der Waals surface area contributed by atoms with Crippen molar-refractivity contribution in [2.45, 2.75) is 49.8 Å². The van der Waals surface area contributed by atoms with Gasteiger partial charge >= 0.3 is 0 Å². The molecule has 0 atom stereocenters. The van der Waals surface area contributed by atoms with Gasteiger partial charge in [0.25, 0.3) is 0 Å². The maximum atomic E-state index is 13.4. The molecule has 0 fully saturated rings. The maximum absolute atomic E-state index is 13.4. The van der Waals surface area contributed by atoms with Crippen molar-refractivity contribution >= 4 is 21.4 Å². The molecule has 0 N–H and O–H groups in total. The molecule has 0 saturated carbocycles. The number of nitrogens with zero attached hydrogens (tertiary/aromatic N) is 5. The standard InChI is InChI=1S/C24H33N5O3S/c1-7-21-23(33(31,32)19-11-9-8-10-12-19)24-25-17(2)20(18(3)29(24)26-21)13-14-22(30)28(6)16-15-27(4)5/h8-12H,7,13-16H2,1-6H3. The van der Waals surface area contributed by atoms with Crippen LogP contribution in [0.15, 0.2) is 40.1 Å². The summed E-state index contributed by atoms with van der Waals surface area (Å²) in [5.74, 6) is 0.0674. The van der Waals surface area contributed by atoms with Crippen LogP contribution in [0.3, 0.4) is 0 Å². The number of aromatic nitrogens is 3. The van der Waals surface area contributed by atoms with Crippen molar-refractivity contribution in [3.8, 4) is 0 Å². The van der Waals surface area contributed by atoms with Gasteiger partial charge in [-0.3, -0.25) is 4.79 Å². The van der Waals surface area contributed by atoms with E-state index in [0.29, 0.717) is 37.1 Å². The molecule has 0 aliphatic carbocycles. The molecule has 9 heteroatoms. The van der Waals surface area contributed by atoms with Crippen molar-refractivity contribution in [1.82, 2.24) is 24.4 Å². The van der Waals surface area contributed by atoms with Crippen LogP contribution in [-0.2, 0) is 27.5 Å². The second-order valence-corrected chi connectivity index (χ2v) is 10.4. The summed E-state index contributed by atoms with van der Waals surface area (Å²) >= 11 is 0. The molecule has 178 valence electrons. The van der Waals surface area contributed by atoms with Crippen LogP contribution in [0, 0.1) is 13.8 Å². The predicted molar refractivity (Wildman–Crippen MR) is 128 cm³/mol. The first-order valence-corrected chi connectivity index (χ1v) is 12.6. The van der Waals surface area contributed by atoms with E-state index in [-0.39, 0.29) is 15.7 Å². The first kappa shape index (κ1) is 24.9. The Labute approximate surface area is 196 Å². The molecule has 33 heavy (non-hydrogen) atoms. The number of sulfone groups is 1. The molecule has 0 saturated heterocycles. The van der Waals surface area contributed by atoms with Crippen molar-refractivity contribution in [3.05, 3.63) is 53.0 Å². The van der Waals surface area contributed by atoms with Gasteiger partial charge in [-0.15, -0.1) is 0 Å². The molecule has 3 rings (SSSR count). The number of likely N-dealkylation sites (N-methyl/N-ethyl adjacent to an activating group) is 2. The molecule has 3 aromatic rings. The van der Waals surface area contributed by atoms with E-state index < -0.39 is 9.84 Å². The lowest BCUT2D eigenvalue weighted by Crippen LogP contribution is -2.33. The zero-order chi connectivity index (χ0) is 24.3. The van der Waals surface area contributed by atoms with Crippen LogP contribution in [0.5, 0.6) is 0 Å². The average Bonchev–Trinajstić information content (AvgIpc) is 3.17. The molecule has 2 aromatic heterocycles. The van der Waals surface area contributed by atoms with E-state index in [1.165, 1.54) is 0 Å². The number of fused-ring (bicyclic) bond motifs is 1. The van der Waals surface area contributed by atoms with Crippen LogP contribution >= 0.6 is 0 Å². The van der Waals surface area contributed by atoms with Crippen LogP contribution in [-0.4, -0.2) is 73.0 Å². The lowest BCUT2D eigenvalue weighted by molar-refractivity contribution is -0.130. The van der Waals surface area contributed by atoms with E-state index in [1.807, 2.05) is 46.8 Å². The zero-order valence-corrected chi connectivity index (χ0v) is 21.1. The van der Waals surface area contributed by atoms with Gasteiger partial charge in [0.2, 0.25) is 15.7 Å². The molecule has 0 bridgehead atoms. The molecule has 2 heterocycles. The van der Waals surface area contributed by atoms with Crippen LogP contribution in [0.2, 0.25) is 0 Å². The third kappa shape index (κ3) is 5.09. The van der Waals surface area contributed by atoms with Gasteiger partial charge < -0.3 is 9.80 Å². The van der Waals surface area contributed by atoms with Gasteiger partial charge in [0.05, 0.1) is 10.6 Å².